The maximum atomic E-state index is 10.7. The van der Waals surface area contributed by atoms with Crippen molar-refractivity contribution in [1.29, 1.82) is 0 Å². The van der Waals surface area contributed by atoms with Crippen molar-refractivity contribution in [2.45, 2.75) is 9.79 Å². The molecule has 0 atom stereocenters. The number of phenolic OH excluding ortho intramolecular Hbond substituents is 3. The summed E-state index contributed by atoms with van der Waals surface area (Å²) >= 11 is 25.5. The molecule has 4 aromatic rings. The van der Waals surface area contributed by atoms with E-state index in [0.29, 0.717) is 25.4 Å². The summed E-state index contributed by atoms with van der Waals surface area (Å²) in [6.07, 6.45) is 0. The molecule has 0 spiro atoms. The summed E-state index contributed by atoms with van der Waals surface area (Å²) in [4.78, 5) is 11.1. The number of aromatic hydroxyl groups is 3. The lowest BCUT2D eigenvalue weighted by atomic mass is 10.3. The lowest BCUT2D eigenvalue weighted by Crippen LogP contribution is -1.81. The van der Waals surface area contributed by atoms with Gasteiger partial charge >= 0.3 is 4.94 Å². The van der Waals surface area contributed by atoms with Gasteiger partial charge in [-0.1, -0.05) is 69.5 Å². The van der Waals surface area contributed by atoms with E-state index in [2.05, 4.69) is 0 Å². The average molecular weight is 558 g/mol. The molecule has 3 N–H and O–H groups in total. The summed E-state index contributed by atoms with van der Waals surface area (Å²) < 4.78 is 5.51. The largest absolute Gasteiger partial charge is 0.508 e. The third-order valence-corrected chi connectivity index (χ3v) is 6.40. The zero-order valence-corrected chi connectivity index (χ0v) is 20.7. The van der Waals surface area contributed by atoms with E-state index < -0.39 is 0 Å². The zero-order chi connectivity index (χ0) is 22.0. The lowest BCUT2D eigenvalue weighted by Gasteiger charge is -2.09. The van der Waals surface area contributed by atoms with Crippen molar-refractivity contribution >= 4 is 93.3 Å². The van der Waals surface area contributed by atoms with Crippen LogP contribution in [0.15, 0.2) is 61.5 Å². The molecule has 0 saturated carbocycles. The van der Waals surface area contributed by atoms with Crippen molar-refractivity contribution in [3.63, 3.8) is 0 Å². The lowest BCUT2D eigenvalue weighted by molar-refractivity contribution is 0.460. The predicted molar refractivity (Wildman–Crippen MR) is 133 cm³/mol. The summed E-state index contributed by atoms with van der Waals surface area (Å²) in [5, 5.41) is 29.7. The van der Waals surface area contributed by atoms with Crippen LogP contribution in [0, 0.1) is 0 Å². The minimum atomic E-state index is -0.342. The summed E-state index contributed by atoms with van der Waals surface area (Å²) in [6, 6.07) is 10.5. The Bertz CT molecular complexity index is 1230. The predicted octanol–water partition coefficient (Wildman–Crippen LogP) is 7.54. The fourth-order valence-electron chi connectivity index (χ4n) is 2.22. The van der Waals surface area contributed by atoms with E-state index in [0.717, 1.165) is 27.8 Å². The second kappa shape index (κ2) is 11.0. The van der Waals surface area contributed by atoms with Crippen LogP contribution in [-0.2, 0) is 0 Å². The van der Waals surface area contributed by atoms with Gasteiger partial charge in [-0.2, -0.15) is 13.5 Å². The van der Waals surface area contributed by atoms with Crippen LogP contribution >= 0.6 is 83.0 Å². The van der Waals surface area contributed by atoms with Gasteiger partial charge in [-0.3, -0.25) is 0 Å². The van der Waals surface area contributed by atoms with Gasteiger partial charge in [0.05, 0.1) is 24.5 Å². The molecule has 0 saturated heterocycles. The molecule has 5 nitrogen and oxygen atoms in total. The molecule has 1 heterocycles. The summed E-state index contributed by atoms with van der Waals surface area (Å²) in [6.45, 7) is 0. The molecule has 0 bridgehead atoms. The standard InChI is InChI=1S/C12H6Cl4O2S.C7H4O3S.H2S/c13-5-1-7(15)11(17)9(3-5)19-10-4-6(14)2-8(16)12(10)18;8-4-1-2-6-5(3-4)10-7(9)11-6;/h1-4,17-18H;1-3,8H;1H2. The number of rotatable bonds is 2. The SMILES string of the molecule is O=c1oc2cc(O)ccc2s1.Oc1c(Cl)cc(Cl)cc1Sc1cc(Cl)cc(Cl)c1O.S. The highest BCUT2D eigenvalue weighted by atomic mass is 35.5. The summed E-state index contributed by atoms with van der Waals surface area (Å²) in [5.41, 5.74) is 0.444. The number of phenols is 3. The van der Waals surface area contributed by atoms with Crippen molar-refractivity contribution in [2.24, 2.45) is 0 Å². The summed E-state index contributed by atoms with van der Waals surface area (Å²) in [7, 11) is 0. The molecule has 0 fully saturated rings. The van der Waals surface area contributed by atoms with Crippen LogP contribution in [-0.4, -0.2) is 15.3 Å². The molecule has 0 radical (unpaired) electrons. The van der Waals surface area contributed by atoms with Crippen molar-refractivity contribution < 1.29 is 19.7 Å². The van der Waals surface area contributed by atoms with Crippen molar-refractivity contribution in [3.8, 4) is 17.2 Å². The molecule has 164 valence electrons. The number of benzene rings is 3. The monoisotopic (exact) mass is 556 g/mol. The molecular formula is C19H12Cl4O5S3. The highest BCUT2D eigenvalue weighted by Gasteiger charge is 2.14. The Kier molecular flexibility index (Phi) is 9.14. The highest BCUT2D eigenvalue weighted by molar-refractivity contribution is 7.99. The average Bonchev–Trinajstić information content (AvgIpc) is 3.03. The number of hydrogen-bond acceptors (Lipinski definition) is 7. The van der Waals surface area contributed by atoms with E-state index in [-0.39, 0.29) is 45.7 Å². The maximum Gasteiger partial charge on any atom is 0.396 e. The second-order valence-electron chi connectivity index (χ2n) is 5.66. The Balaban J connectivity index is 0.000000242. The molecule has 1 aromatic heterocycles. The Labute approximate surface area is 211 Å². The quantitative estimate of drug-likeness (QED) is 0.236. The van der Waals surface area contributed by atoms with Gasteiger partial charge < -0.3 is 19.7 Å². The van der Waals surface area contributed by atoms with Crippen molar-refractivity contribution in [3.05, 3.63) is 72.3 Å². The topological polar surface area (TPSA) is 90.9 Å². The van der Waals surface area contributed by atoms with Crippen LogP contribution in [0.2, 0.25) is 20.1 Å². The van der Waals surface area contributed by atoms with Crippen LogP contribution in [0.25, 0.3) is 10.3 Å². The van der Waals surface area contributed by atoms with E-state index in [9.17, 15) is 15.0 Å². The summed E-state index contributed by atoms with van der Waals surface area (Å²) in [5.74, 6) is -0.128. The number of halogens is 4. The molecule has 0 aliphatic rings. The Morgan fingerprint density at radius 1 is 0.806 bits per heavy atom. The van der Waals surface area contributed by atoms with E-state index >= 15 is 0 Å². The molecule has 4 rings (SSSR count). The Morgan fingerprint density at radius 2 is 1.32 bits per heavy atom. The van der Waals surface area contributed by atoms with Gasteiger partial charge in [0.1, 0.15) is 17.2 Å². The van der Waals surface area contributed by atoms with Crippen molar-refractivity contribution in [2.75, 3.05) is 0 Å². The molecule has 0 unspecified atom stereocenters. The molecule has 3 aromatic carbocycles. The highest BCUT2D eigenvalue weighted by Crippen LogP contribution is 2.45. The van der Waals surface area contributed by atoms with E-state index in [1.807, 2.05) is 0 Å². The molecule has 0 aliphatic heterocycles. The molecular weight excluding hydrogens is 546 g/mol. The van der Waals surface area contributed by atoms with Gasteiger partial charge in [-0.15, -0.1) is 0 Å². The van der Waals surface area contributed by atoms with Gasteiger partial charge in [0.15, 0.2) is 5.58 Å². The maximum absolute atomic E-state index is 10.7. The van der Waals surface area contributed by atoms with E-state index in [1.165, 1.54) is 36.4 Å². The first-order valence-corrected chi connectivity index (χ1v) is 11.0. The van der Waals surface area contributed by atoms with Gasteiger partial charge in [-0.25, -0.2) is 4.79 Å². The van der Waals surface area contributed by atoms with Crippen LogP contribution < -0.4 is 4.94 Å². The van der Waals surface area contributed by atoms with E-state index in [1.54, 1.807) is 6.07 Å². The fraction of sp³-hybridized carbons (Fsp3) is 0. The van der Waals surface area contributed by atoms with Gasteiger partial charge in [-0.05, 0) is 36.4 Å². The third kappa shape index (κ3) is 6.55. The molecule has 31 heavy (non-hydrogen) atoms. The smallest absolute Gasteiger partial charge is 0.396 e. The first kappa shape index (κ1) is 25.9. The van der Waals surface area contributed by atoms with Crippen LogP contribution in [0.3, 0.4) is 0 Å². The van der Waals surface area contributed by atoms with Crippen LogP contribution in [0.4, 0.5) is 0 Å². The first-order chi connectivity index (χ1) is 14.1. The third-order valence-electron chi connectivity index (χ3n) is 3.52. The second-order valence-corrected chi connectivity index (χ2v) is 9.40. The fourth-order valence-corrected chi connectivity index (χ4v) is 5.12. The van der Waals surface area contributed by atoms with Gasteiger partial charge in [0.25, 0.3) is 0 Å². The molecule has 0 amide bonds. The molecule has 12 heteroatoms. The zero-order valence-electron chi connectivity index (χ0n) is 15.0. The number of hydrogen-bond donors (Lipinski definition) is 3. The van der Waals surface area contributed by atoms with Crippen LogP contribution in [0.5, 0.6) is 17.2 Å². The van der Waals surface area contributed by atoms with Crippen molar-refractivity contribution in [1.82, 2.24) is 0 Å². The van der Waals surface area contributed by atoms with Crippen LogP contribution in [0.1, 0.15) is 0 Å². The van der Waals surface area contributed by atoms with Gasteiger partial charge in [0.2, 0.25) is 0 Å². The van der Waals surface area contributed by atoms with E-state index in [4.69, 9.17) is 55.9 Å². The number of fused-ring (bicyclic) bond motifs is 1. The Morgan fingerprint density at radius 3 is 1.84 bits per heavy atom. The Hall–Kier alpha value is -1.39. The first-order valence-electron chi connectivity index (χ1n) is 7.90. The van der Waals surface area contributed by atoms with Gasteiger partial charge in [0, 0.05) is 16.1 Å². The molecule has 0 aliphatic carbocycles. The minimum Gasteiger partial charge on any atom is -0.508 e. The normalized spacial score (nSPS) is 10.3. The minimum absolute atomic E-state index is 0.